The molecular weight excluding hydrogens is 596 g/mol. The van der Waals surface area contributed by atoms with Crippen LogP contribution in [0.3, 0.4) is 0 Å². The summed E-state index contributed by atoms with van der Waals surface area (Å²) in [5.74, 6) is -0.918. The van der Waals surface area contributed by atoms with E-state index in [9.17, 15) is 14.0 Å². The van der Waals surface area contributed by atoms with Crippen LogP contribution in [0.1, 0.15) is 15.9 Å². The molecule has 0 saturated heterocycles. The number of pyridine rings is 3. The van der Waals surface area contributed by atoms with Crippen molar-refractivity contribution >= 4 is 16.8 Å². The molecule has 0 fully saturated rings. The smallest absolute Gasteiger partial charge is 0.257 e. The van der Waals surface area contributed by atoms with Crippen LogP contribution in [0, 0.1) is 11.6 Å². The predicted molar refractivity (Wildman–Crippen MR) is 165 cm³/mol. The number of carbonyl (C=O) groups excluding carboxylic acids is 1. The van der Waals surface area contributed by atoms with Crippen LogP contribution >= 0.6 is 0 Å². The van der Waals surface area contributed by atoms with Crippen LogP contribution in [-0.4, -0.2) is 44.1 Å². The molecule has 0 unspecified atom stereocenters. The maximum atomic E-state index is 15.3. The molecule has 0 bridgehead atoms. The molecule has 0 amide bonds. The van der Waals surface area contributed by atoms with Gasteiger partial charge in [0.15, 0.2) is 34.3 Å². The minimum Gasteiger partial charge on any atom is -0.491 e. The molecule has 6 aromatic rings. The predicted octanol–water partition coefficient (Wildman–Crippen LogP) is 5.87. The number of rotatable bonds is 11. The number of imidazole rings is 1. The van der Waals surface area contributed by atoms with Crippen molar-refractivity contribution in [2.24, 2.45) is 0 Å². The van der Waals surface area contributed by atoms with Crippen molar-refractivity contribution in [2.45, 2.75) is 19.5 Å². The molecule has 0 aliphatic carbocycles. The lowest BCUT2D eigenvalue weighted by Crippen LogP contribution is -2.22. The molecule has 0 aliphatic heterocycles. The lowest BCUT2D eigenvalue weighted by Gasteiger charge is -2.13. The number of halogens is 2. The summed E-state index contributed by atoms with van der Waals surface area (Å²) < 4.78 is 49.0. The molecule has 0 saturated carbocycles. The van der Waals surface area contributed by atoms with Gasteiger partial charge in [0.1, 0.15) is 11.3 Å². The molecule has 0 N–H and O–H groups in total. The van der Waals surface area contributed by atoms with E-state index in [0.717, 1.165) is 0 Å². The van der Waals surface area contributed by atoms with Crippen molar-refractivity contribution in [1.82, 2.24) is 24.1 Å². The summed E-state index contributed by atoms with van der Waals surface area (Å²) in [5, 5.41) is 0. The topological polar surface area (TPSA) is 110 Å². The number of aryl methyl sites for hydroxylation is 2. The molecule has 0 radical (unpaired) electrons. The Morgan fingerprint density at radius 1 is 0.870 bits per heavy atom. The van der Waals surface area contributed by atoms with Gasteiger partial charge >= 0.3 is 0 Å². The molecule has 232 valence electrons. The van der Waals surface area contributed by atoms with Gasteiger partial charge < -0.3 is 23.3 Å². The Bertz CT molecular complexity index is 2100. The molecule has 12 heteroatoms. The molecule has 4 aromatic heterocycles. The van der Waals surface area contributed by atoms with Gasteiger partial charge in [-0.1, -0.05) is 18.2 Å². The number of methoxy groups -OCH3 is 2. The quantitative estimate of drug-likeness (QED) is 0.165. The summed E-state index contributed by atoms with van der Waals surface area (Å²) in [5.41, 5.74) is 1.29. The normalized spacial score (nSPS) is 11.0. The Hall–Kier alpha value is -5.91. The van der Waals surface area contributed by atoms with E-state index in [-0.39, 0.29) is 34.9 Å². The van der Waals surface area contributed by atoms with E-state index in [1.54, 1.807) is 47.7 Å². The van der Waals surface area contributed by atoms with Crippen molar-refractivity contribution in [1.29, 1.82) is 0 Å². The molecule has 2 aromatic carbocycles. The highest BCUT2D eigenvalue weighted by atomic mass is 19.1. The van der Waals surface area contributed by atoms with Gasteiger partial charge in [0.2, 0.25) is 0 Å². The van der Waals surface area contributed by atoms with Crippen molar-refractivity contribution < 1.29 is 27.8 Å². The Kier molecular flexibility index (Phi) is 8.50. The van der Waals surface area contributed by atoms with Gasteiger partial charge in [-0.15, -0.1) is 0 Å². The second kappa shape index (κ2) is 13.0. The van der Waals surface area contributed by atoms with Crippen LogP contribution in [0.25, 0.3) is 22.2 Å². The number of aromatic nitrogens is 5. The number of hydrogen-bond donors (Lipinski definition) is 0. The summed E-state index contributed by atoms with van der Waals surface area (Å²) in [6, 6.07) is 12.8. The standard InChI is InChI=1S/C34H27F2N5O5/c1-44-31-17-27-32(39-34(31)45-2)30(9-10-38-27)46-29-8-3-21(15-26(29)36)16-28(42)25-19-41(14-13-40-12-11-37-20-40)18-24(33(25)43)22-4-6-23(35)7-5-22/h3-12,15,17-20H,13-14,16H2,1-2H3. The number of ketones is 1. The van der Waals surface area contributed by atoms with E-state index in [2.05, 4.69) is 15.0 Å². The zero-order chi connectivity index (χ0) is 32.2. The number of hydrogen-bond acceptors (Lipinski definition) is 8. The lowest BCUT2D eigenvalue weighted by molar-refractivity contribution is 0.0991. The fraction of sp³-hybridized carbons (Fsp3) is 0.147. The molecule has 4 heterocycles. The minimum atomic E-state index is -0.714. The summed E-state index contributed by atoms with van der Waals surface area (Å²) >= 11 is 0. The molecular formula is C34H27F2N5O5. The van der Waals surface area contributed by atoms with Gasteiger partial charge in [-0.25, -0.2) is 18.7 Å². The molecule has 6 rings (SSSR count). The van der Waals surface area contributed by atoms with Crippen LogP contribution in [0.15, 0.2) is 96.7 Å². The average molecular weight is 624 g/mol. The van der Waals surface area contributed by atoms with E-state index < -0.39 is 22.8 Å². The van der Waals surface area contributed by atoms with Gasteiger partial charge in [0, 0.05) is 68.2 Å². The van der Waals surface area contributed by atoms with Gasteiger partial charge in [-0.3, -0.25) is 14.6 Å². The first-order valence-corrected chi connectivity index (χ1v) is 14.2. The van der Waals surface area contributed by atoms with E-state index in [1.807, 2.05) is 4.57 Å². The number of nitrogens with zero attached hydrogens (tertiary/aromatic N) is 5. The third-order valence-corrected chi connectivity index (χ3v) is 7.31. The zero-order valence-corrected chi connectivity index (χ0v) is 24.8. The third kappa shape index (κ3) is 6.32. The van der Waals surface area contributed by atoms with Crippen LogP contribution < -0.4 is 19.6 Å². The highest BCUT2D eigenvalue weighted by molar-refractivity contribution is 5.98. The zero-order valence-electron chi connectivity index (χ0n) is 24.8. The van der Waals surface area contributed by atoms with Gasteiger partial charge in [0.05, 0.1) is 31.6 Å². The molecule has 10 nitrogen and oxygen atoms in total. The largest absolute Gasteiger partial charge is 0.491 e. The second-order valence-corrected chi connectivity index (χ2v) is 10.3. The third-order valence-electron chi connectivity index (χ3n) is 7.31. The maximum Gasteiger partial charge on any atom is 0.257 e. The van der Waals surface area contributed by atoms with Crippen molar-refractivity contribution in [3.05, 3.63) is 125 Å². The number of carbonyl (C=O) groups is 1. The molecule has 0 aliphatic rings. The molecule has 0 atom stereocenters. The Balaban J connectivity index is 1.27. The number of ether oxygens (including phenoxy) is 3. The summed E-state index contributed by atoms with van der Waals surface area (Å²) in [6.45, 7) is 0.970. The van der Waals surface area contributed by atoms with Crippen LogP contribution in [0.4, 0.5) is 8.78 Å². The fourth-order valence-electron chi connectivity index (χ4n) is 4.97. The fourth-order valence-corrected chi connectivity index (χ4v) is 4.97. The van der Waals surface area contributed by atoms with Gasteiger partial charge in [-0.2, -0.15) is 0 Å². The van der Waals surface area contributed by atoms with E-state index in [0.29, 0.717) is 41.0 Å². The van der Waals surface area contributed by atoms with Crippen LogP contribution in [0.5, 0.6) is 23.1 Å². The Morgan fingerprint density at radius 2 is 1.67 bits per heavy atom. The first-order valence-electron chi connectivity index (χ1n) is 14.2. The summed E-state index contributed by atoms with van der Waals surface area (Å²) in [6.07, 6.45) is 9.52. The Morgan fingerprint density at radius 3 is 2.39 bits per heavy atom. The van der Waals surface area contributed by atoms with Gasteiger partial charge in [-0.05, 0) is 35.4 Å². The molecule has 0 spiro atoms. The average Bonchev–Trinajstić information content (AvgIpc) is 3.59. The van der Waals surface area contributed by atoms with E-state index >= 15 is 4.39 Å². The summed E-state index contributed by atoms with van der Waals surface area (Å²) in [4.78, 5) is 39.8. The van der Waals surface area contributed by atoms with E-state index in [1.165, 1.54) is 63.0 Å². The maximum absolute atomic E-state index is 15.3. The second-order valence-electron chi connectivity index (χ2n) is 10.3. The molecule has 46 heavy (non-hydrogen) atoms. The van der Waals surface area contributed by atoms with Crippen molar-refractivity contribution in [2.75, 3.05) is 14.2 Å². The minimum absolute atomic E-state index is 0.0631. The lowest BCUT2D eigenvalue weighted by atomic mass is 9.99. The van der Waals surface area contributed by atoms with E-state index in [4.69, 9.17) is 14.2 Å². The van der Waals surface area contributed by atoms with Gasteiger partial charge in [0.25, 0.3) is 5.88 Å². The SMILES string of the molecule is COc1cc2nccc(Oc3ccc(CC(=O)c4cn(CCn5ccnc5)cc(-c5ccc(F)cc5)c4=O)cc3F)c2nc1OC. The monoisotopic (exact) mass is 623 g/mol. The Labute approximate surface area is 261 Å². The number of fused-ring (bicyclic) bond motifs is 1. The first kappa shape index (κ1) is 30.1. The summed E-state index contributed by atoms with van der Waals surface area (Å²) in [7, 11) is 2.93. The number of Topliss-reactive ketones (excluding diaryl/α,β-unsaturated/α-hetero) is 1. The first-order chi connectivity index (χ1) is 22.3. The number of benzene rings is 2. The highest BCUT2D eigenvalue weighted by Crippen LogP contribution is 2.34. The van der Waals surface area contributed by atoms with Crippen LogP contribution in [-0.2, 0) is 19.5 Å². The van der Waals surface area contributed by atoms with Crippen molar-refractivity contribution in [3.63, 3.8) is 0 Å². The van der Waals surface area contributed by atoms with Crippen molar-refractivity contribution in [3.8, 4) is 34.3 Å². The van der Waals surface area contributed by atoms with Crippen LogP contribution in [0.2, 0.25) is 0 Å². The highest BCUT2D eigenvalue weighted by Gasteiger charge is 2.19.